The van der Waals surface area contributed by atoms with Crippen molar-refractivity contribution in [1.29, 1.82) is 0 Å². The van der Waals surface area contributed by atoms with E-state index < -0.39 is 0 Å². The van der Waals surface area contributed by atoms with E-state index in [1.165, 1.54) is 0 Å². The standard InChI is InChI=1S/C30H36N6O2S/c1-18(2)38-29-19(3)12-21(15-34-29)25-13-26(36-17-35-25)33-14-20(4)30(5,16-39)24-9-7-8-22-23(28(37)31-6)10-11-32-27(22)24/h7-13,15,17-18,20,39H,14,16H2,1-6H3,(H,31,37)(H,33,35,36)/t20?,30-/m1/s1. The lowest BCUT2D eigenvalue weighted by atomic mass is 9.73. The molecule has 0 aliphatic carbocycles. The number of nitrogens with one attached hydrogen (secondary N) is 2. The SMILES string of the molecule is CNC(=O)c1ccnc2c([C@](C)(CS)C(C)CNc3cc(-c4cnc(OC(C)C)c(C)c4)ncn3)cccc12. The molecule has 204 valence electrons. The van der Waals surface area contributed by atoms with E-state index in [-0.39, 0.29) is 23.3 Å². The van der Waals surface area contributed by atoms with Gasteiger partial charge in [0, 0.05) is 59.7 Å². The van der Waals surface area contributed by atoms with Crippen LogP contribution in [0.1, 0.15) is 49.2 Å². The number of nitrogens with zero attached hydrogens (tertiary/aromatic N) is 4. The zero-order valence-electron chi connectivity index (χ0n) is 23.3. The van der Waals surface area contributed by atoms with Crippen molar-refractivity contribution in [2.24, 2.45) is 5.92 Å². The van der Waals surface area contributed by atoms with Crippen LogP contribution in [-0.2, 0) is 5.41 Å². The molecule has 1 amide bonds. The fourth-order valence-corrected chi connectivity index (χ4v) is 5.10. The van der Waals surface area contributed by atoms with E-state index in [9.17, 15) is 4.79 Å². The van der Waals surface area contributed by atoms with Gasteiger partial charge in [0.2, 0.25) is 5.88 Å². The Kier molecular flexibility index (Phi) is 8.70. The number of para-hydroxylation sites is 1. The normalized spacial score (nSPS) is 13.6. The summed E-state index contributed by atoms with van der Waals surface area (Å²) in [4.78, 5) is 30.5. The number of hydrogen-bond acceptors (Lipinski definition) is 8. The number of pyridine rings is 2. The number of hydrogen-bond donors (Lipinski definition) is 3. The van der Waals surface area contributed by atoms with E-state index in [1.807, 2.05) is 45.0 Å². The Labute approximate surface area is 235 Å². The predicted molar refractivity (Wildman–Crippen MR) is 160 cm³/mol. The molecular weight excluding hydrogens is 508 g/mol. The smallest absolute Gasteiger partial charge is 0.251 e. The van der Waals surface area contributed by atoms with Crippen LogP contribution >= 0.6 is 12.6 Å². The Bertz CT molecular complexity index is 1480. The Balaban J connectivity index is 1.57. The Morgan fingerprint density at radius 1 is 1.10 bits per heavy atom. The predicted octanol–water partition coefficient (Wildman–Crippen LogP) is 5.48. The van der Waals surface area contributed by atoms with Gasteiger partial charge in [-0.3, -0.25) is 9.78 Å². The Hall–Kier alpha value is -3.72. The average molecular weight is 545 g/mol. The molecule has 2 N–H and O–H groups in total. The van der Waals surface area contributed by atoms with Crippen LogP contribution in [0.2, 0.25) is 0 Å². The van der Waals surface area contributed by atoms with Crippen molar-refractivity contribution in [3.05, 3.63) is 71.8 Å². The number of amides is 1. The number of benzene rings is 1. The minimum absolute atomic E-state index is 0.0596. The molecule has 2 atom stereocenters. The van der Waals surface area contributed by atoms with Crippen molar-refractivity contribution < 1.29 is 9.53 Å². The first-order chi connectivity index (χ1) is 18.7. The number of aryl methyl sites for hydroxylation is 1. The van der Waals surface area contributed by atoms with Gasteiger partial charge in [0.15, 0.2) is 0 Å². The van der Waals surface area contributed by atoms with E-state index in [0.29, 0.717) is 23.7 Å². The zero-order valence-corrected chi connectivity index (χ0v) is 24.2. The number of rotatable bonds is 10. The molecule has 0 aliphatic rings. The van der Waals surface area contributed by atoms with Crippen molar-refractivity contribution >= 4 is 35.3 Å². The maximum atomic E-state index is 12.5. The number of fused-ring (bicyclic) bond motifs is 1. The molecule has 0 radical (unpaired) electrons. The van der Waals surface area contributed by atoms with Gasteiger partial charge in [-0.25, -0.2) is 15.0 Å². The molecule has 1 unspecified atom stereocenters. The monoisotopic (exact) mass is 544 g/mol. The molecule has 0 bridgehead atoms. The van der Waals surface area contributed by atoms with Crippen LogP contribution in [0, 0.1) is 12.8 Å². The largest absolute Gasteiger partial charge is 0.475 e. The van der Waals surface area contributed by atoms with Crippen LogP contribution in [0.15, 0.2) is 55.1 Å². The molecular formula is C30H36N6O2S. The summed E-state index contributed by atoms with van der Waals surface area (Å²) in [6.45, 7) is 11.0. The van der Waals surface area contributed by atoms with Gasteiger partial charge >= 0.3 is 0 Å². The van der Waals surface area contributed by atoms with Gasteiger partial charge < -0.3 is 15.4 Å². The third kappa shape index (κ3) is 5.98. The van der Waals surface area contributed by atoms with E-state index >= 15 is 0 Å². The van der Waals surface area contributed by atoms with E-state index in [1.54, 1.807) is 31.8 Å². The lowest BCUT2D eigenvalue weighted by Crippen LogP contribution is -2.37. The molecule has 0 saturated heterocycles. The average Bonchev–Trinajstić information content (AvgIpc) is 2.95. The van der Waals surface area contributed by atoms with E-state index in [2.05, 4.69) is 50.5 Å². The van der Waals surface area contributed by atoms with Gasteiger partial charge in [-0.05, 0) is 44.4 Å². The molecule has 9 heteroatoms. The Morgan fingerprint density at radius 3 is 2.59 bits per heavy atom. The number of carbonyl (C=O) groups excluding carboxylic acids is 1. The molecule has 3 aromatic heterocycles. The fraction of sp³-hybridized carbons (Fsp3) is 0.367. The third-order valence-electron chi connectivity index (χ3n) is 7.20. The Morgan fingerprint density at radius 2 is 1.90 bits per heavy atom. The van der Waals surface area contributed by atoms with Gasteiger partial charge in [0.25, 0.3) is 5.91 Å². The molecule has 0 spiro atoms. The molecule has 0 saturated carbocycles. The molecule has 0 fully saturated rings. The molecule has 1 aromatic carbocycles. The summed E-state index contributed by atoms with van der Waals surface area (Å²) in [6.07, 6.45) is 5.09. The lowest BCUT2D eigenvalue weighted by Gasteiger charge is -2.36. The summed E-state index contributed by atoms with van der Waals surface area (Å²) in [5.41, 5.74) is 4.80. The van der Waals surface area contributed by atoms with E-state index in [0.717, 1.165) is 39.1 Å². The van der Waals surface area contributed by atoms with Crippen molar-refractivity contribution in [1.82, 2.24) is 25.3 Å². The van der Waals surface area contributed by atoms with Crippen LogP contribution in [0.25, 0.3) is 22.2 Å². The van der Waals surface area contributed by atoms with Crippen LogP contribution in [0.5, 0.6) is 5.88 Å². The summed E-state index contributed by atoms with van der Waals surface area (Å²) in [7, 11) is 1.64. The second-order valence-corrected chi connectivity index (χ2v) is 10.6. The highest BCUT2D eigenvalue weighted by atomic mass is 32.1. The number of thiol groups is 1. The van der Waals surface area contributed by atoms with Gasteiger partial charge in [0.1, 0.15) is 12.1 Å². The van der Waals surface area contributed by atoms with Crippen LogP contribution in [0.3, 0.4) is 0 Å². The van der Waals surface area contributed by atoms with Crippen molar-refractivity contribution in [3.63, 3.8) is 0 Å². The molecule has 4 aromatic rings. The van der Waals surface area contributed by atoms with Gasteiger partial charge in [0.05, 0.1) is 22.9 Å². The first kappa shape index (κ1) is 28.3. The van der Waals surface area contributed by atoms with Gasteiger partial charge in [-0.2, -0.15) is 12.6 Å². The second kappa shape index (κ2) is 12.0. The molecule has 4 rings (SSSR count). The van der Waals surface area contributed by atoms with Gasteiger partial charge in [-0.1, -0.05) is 32.0 Å². The minimum Gasteiger partial charge on any atom is -0.475 e. The third-order valence-corrected chi connectivity index (χ3v) is 7.86. The highest BCUT2D eigenvalue weighted by molar-refractivity contribution is 7.80. The van der Waals surface area contributed by atoms with Gasteiger partial charge in [-0.15, -0.1) is 0 Å². The fourth-order valence-electron chi connectivity index (χ4n) is 4.62. The highest BCUT2D eigenvalue weighted by Crippen LogP contribution is 2.38. The molecule has 3 heterocycles. The summed E-state index contributed by atoms with van der Waals surface area (Å²) < 4.78 is 5.77. The highest BCUT2D eigenvalue weighted by Gasteiger charge is 2.34. The summed E-state index contributed by atoms with van der Waals surface area (Å²) in [6, 6.07) is 11.7. The van der Waals surface area contributed by atoms with Crippen LogP contribution < -0.4 is 15.4 Å². The quantitative estimate of drug-likeness (QED) is 0.227. The number of anilines is 1. The maximum Gasteiger partial charge on any atom is 0.251 e. The molecule has 8 nitrogen and oxygen atoms in total. The molecule has 0 aliphatic heterocycles. The topological polar surface area (TPSA) is 102 Å². The molecule has 39 heavy (non-hydrogen) atoms. The summed E-state index contributed by atoms with van der Waals surface area (Å²) >= 11 is 4.77. The van der Waals surface area contributed by atoms with Crippen LogP contribution in [-0.4, -0.2) is 51.3 Å². The van der Waals surface area contributed by atoms with Crippen LogP contribution in [0.4, 0.5) is 5.82 Å². The van der Waals surface area contributed by atoms with Crippen molar-refractivity contribution in [2.75, 3.05) is 24.7 Å². The minimum atomic E-state index is -0.326. The van der Waals surface area contributed by atoms with Crippen molar-refractivity contribution in [2.45, 2.75) is 46.1 Å². The first-order valence-corrected chi connectivity index (χ1v) is 13.7. The summed E-state index contributed by atoms with van der Waals surface area (Å²) in [5, 5.41) is 7.04. The van der Waals surface area contributed by atoms with E-state index in [4.69, 9.17) is 17.4 Å². The second-order valence-electron chi connectivity index (χ2n) is 10.3. The maximum absolute atomic E-state index is 12.5. The van der Waals surface area contributed by atoms with Crippen molar-refractivity contribution in [3.8, 4) is 17.1 Å². The number of aromatic nitrogens is 4. The summed E-state index contributed by atoms with van der Waals surface area (Å²) in [5.74, 6) is 1.98. The number of ether oxygens (including phenoxy) is 1. The zero-order chi connectivity index (χ0) is 28.2. The number of carbonyl (C=O) groups is 1. The lowest BCUT2D eigenvalue weighted by molar-refractivity contribution is 0.0964. The first-order valence-electron chi connectivity index (χ1n) is 13.1.